The summed E-state index contributed by atoms with van der Waals surface area (Å²) in [4.78, 5) is 37.6. The van der Waals surface area contributed by atoms with Crippen molar-refractivity contribution in [2.45, 2.75) is 6.92 Å². The van der Waals surface area contributed by atoms with Gasteiger partial charge in [0, 0.05) is 24.7 Å². The smallest absolute Gasteiger partial charge is 0.308 e. The van der Waals surface area contributed by atoms with Gasteiger partial charge in [0.05, 0.1) is 18.0 Å². The molecule has 144 valence electrons. The van der Waals surface area contributed by atoms with Gasteiger partial charge in [0.25, 0.3) is 11.5 Å². The zero-order chi connectivity index (χ0) is 20.4. The number of carbonyl (C=O) groups is 2. The number of anilines is 1. The van der Waals surface area contributed by atoms with Crippen LogP contribution in [0.3, 0.4) is 0 Å². The maximum atomic E-state index is 12.9. The molecule has 1 heterocycles. The van der Waals surface area contributed by atoms with E-state index in [0.29, 0.717) is 27.4 Å². The molecular formula is C20H17ClN2O5. The predicted octanol–water partition coefficient (Wildman–Crippen LogP) is 3.38. The highest BCUT2D eigenvalue weighted by molar-refractivity contribution is 6.30. The SMILES string of the molecule is COc1cccc2c1c(OC(C)=O)c(C(=O)Nc1ccc(Cl)cc1)c(=O)n2C. The summed E-state index contributed by atoms with van der Waals surface area (Å²) in [5.41, 5.74) is -0.0119. The van der Waals surface area contributed by atoms with E-state index in [-0.39, 0.29) is 11.3 Å². The Balaban J connectivity index is 2.26. The summed E-state index contributed by atoms with van der Waals surface area (Å²) in [6.45, 7) is 1.19. The number of carbonyl (C=O) groups excluding carboxylic acids is 2. The number of amides is 1. The van der Waals surface area contributed by atoms with Crippen LogP contribution in [0.5, 0.6) is 11.5 Å². The van der Waals surface area contributed by atoms with Crippen LogP contribution in [-0.2, 0) is 11.8 Å². The molecule has 0 unspecified atom stereocenters. The highest BCUT2D eigenvalue weighted by atomic mass is 35.5. The van der Waals surface area contributed by atoms with Crippen LogP contribution in [0.4, 0.5) is 5.69 Å². The number of ether oxygens (including phenoxy) is 2. The van der Waals surface area contributed by atoms with Gasteiger partial charge < -0.3 is 19.4 Å². The van der Waals surface area contributed by atoms with Crippen molar-refractivity contribution in [2.75, 3.05) is 12.4 Å². The molecule has 0 spiro atoms. The van der Waals surface area contributed by atoms with E-state index in [4.69, 9.17) is 21.1 Å². The van der Waals surface area contributed by atoms with Gasteiger partial charge in [-0.2, -0.15) is 0 Å². The molecule has 1 amide bonds. The molecule has 0 saturated heterocycles. The molecule has 0 aliphatic carbocycles. The molecule has 3 aromatic rings. The van der Waals surface area contributed by atoms with E-state index in [9.17, 15) is 14.4 Å². The van der Waals surface area contributed by atoms with Gasteiger partial charge in [-0.3, -0.25) is 14.4 Å². The third-order valence-electron chi connectivity index (χ3n) is 4.13. The first-order valence-electron chi connectivity index (χ1n) is 8.28. The fourth-order valence-corrected chi connectivity index (χ4v) is 3.00. The number of aromatic nitrogens is 1. The summed E-state index contributed by atoms with van der Waals surface area (Å²) in [6.07, 6.45) is 0. The van der Waals surface area contributed by atoms with E-state index < -0.39 is 17.4 Å². The second-order valence-electron chi connectivity index (χ2n) is 5.98. The molecule has 2 aromatic carbocycles. The number of methoxy groups -OCH3 is 1. The van der Waals surface area contributed by atoms with Crippen LogP contribution >= 0.6 is 11.6 Å². The van der Waals surface area contributed by atoms with E-state index in [2.05, 4.69) is 5.32 Å². The number of fused-ring (bicyclic) bond motifs is 1. The van der Waals surface area contributed by atoms with Crippen molar-refractivity contribution < 1.29 is 19.1 Å². The van der Waals surface area contributed by atoms with Crippen molar-refractivity contribution in [3.05, 3.63) is 63.4 Å². The molecule has 0 bridgehead atoms. The molecule has 1 aromatic heterocycles. The number of esters is 1. The Morgan fingerprint density at radius 2 is 1.79 bits per heavy atom. The number of benzene rings is 2. The summed E-state index contributed by atoms with van der Waals surface area (Å²) in [7, 11) is 2.98. The number of nitrogens with zero attached hydrogens (tertiary/aromatic N) is 1. The van der Waals surface area contributed by atoms with Gasteiger partial charge in [-0.25, -0.2) is 0 Å². The topological polar surface area (TPSA) is 86.6 Å². The van der Waals surface area contributed by atoms with Crippen molar-refractivity contribution >= 4 is 40.1 Å². The number of nitrogens with one attached hydrogen (secondary N) is 1. The van der Waals surface area contributed by atoms with Gasteiger partial charge in [-0.15, -0.1) is 0 Å². The van der Waals surface area contributed by atoms with Gasteiger partial charge in [0.1, 0.15) is 11.3 Å². The van der Waals surface area contributed by atoms with Crippen LogP contribution in [0.1, 0.15) is 17.3 Å². The third kappa shape index (κ3) is 3.57. The van der Waals surface area contributed by atoms with Crippen LogP contribution in [0, 0.1) is 0 Å². The summed E-state index contributed by atoms with van der Waals surface area (Å²) in [5.74, 6) is -1.16. The maximum Gasteiger partial charge on any atom is 0.308 e. The zero-order valence-corrected chi connectivity index (χ0v) is 16.2. The molecule has 0 aliphatic heterocycles. The van der Waals surface area contributed by atoms with Gasteiger partial charge in [-0.05, 0) is 36.4 Å². The van der Waals surface area contributed by atoms with Crippen LogP contribution in [0.15, 0.2) is 47.3 Å². The Labute approximate surface area is 165 Å². The lowest BCUT2D eigenvalue weighted by atomic mass is 10.1. The number of hydrogen-bond donors (Lipinski definition) is 1. The van der Waals surface area contributed by atoms with Crippen LogP contribution in [0.2, 0.25) is 5.02 Å². The number of halogens is 1. The zero-order valence-electron chi connectivity index (χ0n) is 15.4. The molecular weight excluding hydrogens is 384 g/mol. The molecule has 1 N–H and O–H groups in total. The minimum Gasteiger partial charge on any atom is -0.496 e. The van der Waals surface area contributed by atoms with Crippen molar-refractivity contribution in [1.82, 2.24) is 4.57 Å². The molecule has 0 aliphatic rings. The van der Waals surface area contributed by atoms with Crippen molar-refractivity contribution in [3.8, 4) is 11.5 Å². The first-order valence-corrected chi connectivity index (χ1v) is 8.66. The second kappa shape index (κ2) is 7.74. The lowest BCUT2D eigenvalue weighted by molar-refractivity contribution is -0.131. The first kappa shape index (κ1) is 19.4. The lowest BCUT2D eigenvalue weighted by Crippen LogP contribution is -2.29. The third-order valence-corrected chi connectivity index (χ3v) is 4.39. The summed E-state index contributed by atoms with van der Waals surface area (Å²) in [5, 5.41) is 3.48. The molecule has 7 nitrogen and oxygen atoms in total. The Morgan fingerprint density at radius 3 is 2.39 bits per heavy atom. The molecule has 3 rings (SSSR count). The number of rotatable bonds is 4. The number of hydrogen-bond acceptors (Lipinski definition) is 5. The van der Waals surface area contributed by atoms with Crippen LogP contribution in [0.25, 0.3) is 10.9 Å². The molecule has 0 fully saturated rings. The molecule has 0 saturated carbocycles. The predicted molar refractivity (Wildman–Crippen MR) is 106 cm³/mol. The molecule has 0 atom stereocenters. The van der Waals surface area contributed by atoms with E-state index in [1.165, 1.54) is 25.6 Å². The molecule has 28 heavy (non-hydrogen) atoms. The monoisotopic (exact) mass is 400 g/mol. The van der Waals surface area contributed by atoms with Crippen molar-refractivity contribution in [2.24, 2.45) is 7.05 Å². The second-order valence-corrected chi connectivity index (χ2v) is 6.41. The lowest BCUT2D eigenvalue weighted by Gasteiger charge is -2.16. The summed E-state index contributed by atoms with van der Waals surface area (Å²) < 4.78 is 12.0. The summed E-state index contributed by atoms with van der Waals surface area (Å²) in [6, 6.07) is 11.4. The van der Waals surface area contributed by atoms with Gasteiger partial charge in [0.2, 0.25) is 0 Å². The summed E-state index contributed by atoms with van der Waals surface area (Å²) >= 11 is 5.86. The van der Waals surface area contributed by atoms with Crippen molar-refractivity contribution in [3.63, 3.8) is 0 Å². The van der Waals surface area contributed by atoms with Gasteiger partial charge in [-0.1, -0.05) is 17.7 Å². The fraction of sp³-hybridized carbons (Fsp3) is 0.150. The van der Waals surface area contributed by atoms with Crippen molar-refractivity contribution in [1.29, 1.82) is 0 Å². The fourth-order valence-electron chi connectivity index (χ4n) is 2.87. The van der Waals surface area contributed by atoms with Gasteiger partial charge >= 0.3 is 5.97 Å². The average molecular weight is 401 g/mol. The van der Waals surface area contributed by atoms with E-state index in [1.807, 2.05) is 0 Å². The van der Waals surface area contributed by atoms with Crippen LogP contribution in [-0.4, -0.2) is 23.6 Å². The normalized spacial score (nSPS) is 10.6. The molecule has 8 heteroatoms. The largest absolute Gasteiger partial charge is 0.496 e. The Morgan fingerprint density at radius 1 is 1.11 bits per heavy atom. The Bertz CT molecular complexity index is 1140. The Kier molecular flexibility index (Phi) is 5.37. The highest BCUT2D eigenvalue weighted by Crippen LogP contribution is 2.35. The maximum absolute atomic E-state index is 12.9. The van der Waals surface area contributed by atoms with E-state index in [1.54, 1.807) is 42.5 Å². The Hall–Kier alpha value is -3.32. The quantitative estimate of drug-likeness (QED) is 0.678. The standard InChI is InChI=1S/C20H17ClN2O5/c1-11(24)28-18-16-14(5-4-6-15(16)27-3)23(2)20(26)17(18)19(25)22-13-9-7-12(21)8-10-13/h4-10H,1-3H3,(H,22,25). The number of aryl methyl sites for hydroxylation is 1. The average Bonchev–Trinajstić information content (AvgIpc) is 2.66. The minimum absolute atomic E-state index is 0.144. The molecule has 0 radical (unpaired) electrons. The van der Waals surface area contributed by atoms with Gasteiger partial charge in [0.15, 0.2) is 5.75 Å². The van der Waals surface area contributed by atoms with E-state index >= 15 is 0 Å². The van der Waals surface area contributed by atoms with Crippen LogP contribution < -0.4 is 20.3 Å². The highest BCUT2D eigenvalue weighted by Gasteiger charge is 2.26. The minimum atomic E-state index is -0.716. The first-order chi connectivity index (χ1) is 13.3. The number of pyridine rings is 1. The van der Waals surface area contributed by atoms with E-state index in [0.717, 1.165) is 0 Å².